The number of ether oxygens (including phenoxy) is 1. The lowest BCUT2D eigenvalue weighted by Crippen LogP contribution is -2.43. The highest BCUT2D eigenvalue weighted by Gasteiger charge is 2.51. The molecular weight excluding hydrogens is 427 g/mol. The lowest BCUT2D eigenvalue weighted by atomic mass is 9.78. The van der Waals surface area contributed by atoms with Gasteiger partial charge in [-0.05, 0) is 77.4 Å². The summed E-state index contributed by atoms with van der Waals surface area (Å²) in [6.07, 6.45) is 4.44. The van der Waals surface area contributed by atoms with Crippen molar-refractivity contribution in [1.82, 2.24) is 4.90 Å². The van der Waals surface area contributed by atoms with Crippen LogP contribution in [0.1, 0.15) is 80.2 Å². The highest BCUT2D eigenvalue weighted by Crippen LogP contribution is 2.37. The molecule has 2 fully saturated rings. The zero-order chi connectivity index (χ0) is 24.9. The molecule has 3 aliphatic heterocycles. The smallest absolute Gasteiger partial charge is 0.444 e. The Labute approximate surface area is 204 Å². The summed E-state index contributed by atoms with van der Waals surface area (Å²) in [6.45, 7) is 16.9. The minimum absolute atomic E-state index is 0.00225. The second-order valence-corrected chi connectivity index (χ2v) is 11.8. The van der Waals surface area contributed by atoms with Gasteiger partial charge in [0.2, 0.25) is 0 Å². The van der Waals surface area contributed by atoms with Crippen LogP contribution in [0.3, 0.4) is 0 Å². The average Bonchev–Trinajstić information content (AvgIpc) is 3.43. The predicted molar refractivity (Wildman–Crippen MR) is 137 cm³/mol. The maximum absolute atomic E-state index is 12.9. The number of rotatable bonds is 4. The minimum Gasteiger partial charge on any atom is -0.444 e. The largest absolute Gasteiger partial charge is 0.494 e. The molecule has 6 nitrogen and oxygen atoms in total. The molecule has 1 aromatic carbocycles. The van der Waals surface area contributed by atoms with Crippen molar-refractivity contribution in [2.24, 2.45) is 10.9 Å². The molecule has 0 bridgehead atoms. The monoisotopic (exact) mass is 466 g/mol. The number of carbonyl (C=O) groups excluding carboxylic acids is 1. The van der Waals surface area contributed by atoms with Crippen molar-refractivity contribution >= 4 is 30.0 Å². The number of carbonyl (C=O) groups is 1. The van der Waals surface area contributed by atoms with Crippen LogP contribution in [0.25, 0.3) is 5.57 Å². The van der Waals surface area contributed by atoms with E-state index in [9.17, 15) is 4.79 Å². The Balaban J connectivity index is 1.43. The van der Waals surface area contributed by atoms with Gasteiger partial charge in [0.05, 0.1) is 17.2 Å². The molecule has 2 atom stereocenters. The second kappa shape index (κ2) is 8.83. The van der Waals surface area contributed by atoms with E-state index in [1.54, 1.807) is 0 Å². The first-order valence-corrected chi connectivity index (χ1v) is 12.5. The second-order valence-electron chi connectivity index (χ2n) is 11.8. The standard InChI is InChI=1S/C27H39BN2O4/c1-9-18-14-23(30(17-18)24(31)32-25(2,3)4)22-15-20(16-29-22)19-10-12-21(13-11-19)28-33-26(5,6)27(7,8)34-28/h10-13,16,18,23H,9,14-15,17H2,1-8H3/t18-,23-/m0/s1. The van der Waals surface area contributed by atoms with Gasteiger partial charge in [0, 0.05) is 24.9 Å². The third kappa shape index (κ3) is 4.96. The first kappa shape index (κ1) is 25.0. The minimum atomic E-state index is -0.508. The Morgan fingerprint density at radius 2 is 1.76 bits per heavy atom. The summed E-state index contributed by atoms with van der Waals surface area (Å²) in [5, 5.41) is 0. The fourth-order valence-corrected chi connectivity index (χ4v) is 4.72. The van der Waals surface area contributed by atoms with Crippen molar-refractivity contribution in [2.45, 2.75) is 97.5 Å². The van der Waals surface area contributed by atoms with E-state index < -0.39 is 5.60 Å². The van der Waals surface area contributed by atoms with E-state index in [1.165, 1.54) is 5.57 Å². The third-order valence-corrected chi connectivity index (χ3v) is 7.54. The van der Waals surface area contributed by atoms with E-state index in [2.05, 4.69) is 58.9 Å². The maximum atomic E-state index is 12.9. The molecule has 4 rings (SSSR count). The van der Waals surface area contributed by atoms with Crippen LogP contribution < -0.4 is 5.46 Å². The summed E-state index contributed by atoms with van der Waals surface area (Å²) in [4.78, 5) is 19.6. The van der Waals surface area contributed by atoms with Crippen LogP contribution >= 0.6 is 0 Å². The van der Waals surface area contributed by atoms with Crippen LogP contribution in [0.5, 0.6) is 0 Å². The molecule has 1 aromatic rings. The molecule has 3 aliphatic rings. The normalized spacial score (nSPS) is 26.0. The van der Waals surface area contributed by atoms with E-state index in [4.69, 9.17) is 19.0 Å². The van der Waals surface area contributed by atoms with E-state index in [0.29, 0.717) is 5.92 Å². The van der Waals surface area contributed by atoms with E-state index in [-0.39, 0.29) is 30.5 Å². The van der Waals surface area contributed by atoms with Gasteiger partial charge < -0.3 is 14.0 Å². The van der Waals surface area contributed by atoms with Crippen LogP contribution in [0, 0.1) is 5.92 Å². The molecule has 0 saturated carbocycles. The highest BCUT2D eigenvalue weighted by atomic mass is 16.7. The lowest BCUT2D eigenvalue weighted by Gasteiger charge is -2.32. The summed E-state index contributed by atoms with van der Waals surface area (Å²) in [5.74, 6) is 0.475. The molecule has 2 saturated heterocycles. The Hall–Kier alpha value is -2.12. The molecule has 0 aromatic heterocycles. The van der Waals surface area contributed by atoms with E-state index >= 15 is 0 Å². The van der Waals surface area contributed by atoms with Crippen LogP contribution in [0.15, 0.2) is 35.5 Å². The van der Waals surface area contributed by atoms with E-state index in [0.717, 1.165) is 42.5 Å². The van der Waals surface area contributed by atoms with E-state index in [1.807, 2.05) is 31.9 Å². The van der Waals surface area contributed by atoms with Crippen molar-refractivity contribution in [3.63, 3.8) is 0 Å². The number of amides is 1. The molecule has 0 spiro atoms. The van der Waals surface area contributed by atoms with Gasteiger partial charge in [0.1, 0.15) is 5.60 Å². The SMILES string of the molecule is CC[C@H]1C[C@@H](C2=NC=C(c3ccc(B4OC(C)(C)C(C)(C)O4)cc3)C2)N(C(=O)OC(C)(C)C)C1. The molecule has 0 N–H and O–H groups in total. The predicted octanol–water partition coefficient (Wildman–Crippen LogP) is 5.21. The summed E-state index contributed by atoms with van der Waals surface area (Å²) >= 11 is 0. The number of allylic oxidation sites excluding steroid dienone is 1. The molecule has 0 unspecified atom stereocenters. The fraction of sp³-hybridized carbons (Fsp3) is 0.630. The van der Waals surface area contributed by atoms with Gasteiger partial charge >= 0.3 is 13.2 Å². The number of aliphatic imine (C=N–C) groups is 1. The van der Waals surface area contributed by atoms with Crippen molar-refractivity contribution in [3.05, 3.63) is 36.0 Å². The Bertz CT molecular complexity index is 975. The average molecular weight is 466 g/mol. The maximum Gasteiger partial charge on any atom is 0.494 e. The van der Waals surface area contributed by atoms with Gasteiger partial charge in [-0.3, -0.25) is 9.89 Å². The fourth-order valence-electron chi connectivity index (χ4n) is 4.72. The molecule has 0 aliphatic carbocycles. The van der Waals surface area contributed by atoms with Crippen LogP contribution in [0.4, 0.5) is 4.79 Å². The summed E-state index contributed by atoms with van der Waals surface area (Å²) in [5.41, 5.74) is 3.14. The van der Waals surface area contributed by atoms with Gasteiger partial charge in [-0.1, -0.05) is 37.6 Å². The molecule has 184 valence electrons. The molecule has 3 heterocycles. The number of likely N-dealkylation sites (tertiary alicyclic amines) is 1. The van der Waals surface area contributed by atoms with Crippen LogP contribution in [-0.2, 0) is 14.0 Å². The molecule has 34 heavy (non-hydrogen) atoms. The van der Waals surface area contributed by atoms with Crippen molar-refractivity contribution < 1.29 is 18.8 Å². The zero-order valence-corrected chi connectivity index (χ0v) is 22.0. The summed E-state index contributed by atoms with van der Waals surface area (Å²) < 4.78 is 18.1. The number of benzene rings is 1. The number of hydrogen-bond donors (Lipinski definition) is 0. The number of hydrogen-bond acceptors (Lipinski definition) is 5. The molecule has 1 amide bonds. The number of nitrogens with zero attached hydrogens (tertiary/aromatic N) is 2. The highest BCUT2D eigenvalue weighted by molar-refractivity contribution is 6.62. The van der Waals surface area contributed by atoms with Crippen molar-refractivity contribution in [1.29, 1.82) is 0 Å². The van der Waals surface area contributed by atoms with Crippen molar-refractivity contribution in [2.75, 3.05) is 6.54 Å². The topological polar surface area (TPSA) is 60.4 Å². The lowest BCUT2D eigenvalue weighted by molar-refractivity contribution is 0.00578. The van der Waals surface area contributed by atoms with Gasteiger partial charge in [0.25, 0.3) is 0 Å². The Morgan fingerprint density at radius 3 is 2.32 bits per heavy atom. The van der Waals surface area contributed by atoms with Crippen LogP contribution in [-0.4, -0.2) is 53.2 Å². The zero-order valence-electron chi connectivity index (χ0n) is 22.0. The van der Waals surface area contributed by atoms with Crippen LogP contribution in [0.2, 0.25) is 0 Å². The molecule has 0 radical (unpaired) electrons. The van der Waals surface area contributed by atoms with Gasteiger partial charge in [-0.25, -0.2) is 4.79 Å². The first-order chi connectivity index (χ1) is 15.8. The molecular formula is C27H39BN2O4. The van der Waals surface area contributed by atoms with Gasteiger partial charge in [-0.2, -0.15) is 0 Å². The Morgan fingerprint density at radius 1 is 1.15 bits per heavy atom. The first-order valence-electron chi connectivity index (χ1n) is 12.5. The van der Waals surface area contributed by atoms with Gasteiger partial charge in [0.15, 0.2) is 0 Å². The summed E-state index contributed by atoms with van der Waals surface area (Å²) in [7, 11) is -0.365. The molecule has 7 heteroatoms. The van der Waals surface area contributed by atoms with Gasteiger partial charge in [-0.15, -0.1) is 0 Å². The van der Waals surface area contributed by atoms with Crippen molar-refractivity contribution in [3.8, 4) is 0 Å². The Kier molecular flexibility index (Phi) is 6.49. The quantitative estimate of drug-likeness (QED) is 0.572. The summed E-state index contributed by atoms with van der Waals surface area (Å²) in [6, 6.07) is 8.37. The third-order valence-electron chi connectivity index (χ3n) is 7.54.